The highest BCUT2D eigenvalue weighted by Crippen LogP contribution is 2.39. The Balaban J connectivity index is 5.03. The van der Waals surface area contributed by atoms with Crippen molar-refractivity contribution in [1.29, 1.82) is 0 Å². The summed E-state index contributed by atoms with van der Waals surface area (Å²) in [6.45, 7) is 3.58. The predicted molar refractivity (Wildman–Crippen MR) is 86.5 cm³/mol. The van der Waals surface area contributed by atoms with E-state index in [1.165, 1.54) is 13.8 Å². The average molecular weight is 384 g/mol. The van der Waals surface area contributed by atoms with E-state index < -0.39 is 44.9 Å². The summed E-state index contributed by atoms with van der Waals surface area (Å²) in [5.41, 5.74) is -3.16. The first-order chi connectivity index (χ1) is 11.4. The summed E-state index contributed by atoms with van der Waals surface area (Å²) in [4.78, 5) is 50.9. The molecule has 0 radical (unpaired) electrons. The van der Waals surface area contributed by atoms with Gasteiger partial charge in [0.2, 0.25) is 0 Å². The fourth-order valence-electron chi connectivity index (χ4n) is 2.37. The average Bonchev–Trinajstić information content (AvgIpc) is 2.50. The van der Waals surface area contributed by atoms with Crippen LogP contribution in [0, 0.1) is 10.8 Å². The summed E-state index contributed by atoms with van der Waals surface area (Å²) in [7, 11) is -4.23. The molecule has 0 aliphatic rings. The van der Waals surface area contributed by atoms with Crippen molar-refractivity contribution >= 4 is 20.7 Å². The highest BCUT2D eigenvalue weighted by atomic mass is 28.4. The first kappa shape index (κ1) is 23.6. The maximum Gasteiger partial charge on any atom is 0.492 e. The molecule has 0 saturated heterocycles. The van der Waals surface area contributed by atoms with E-state index in [-0.39, 0.29) is 31.9 Å². The first-order valence-electron chi connectivity index (χ1n) is 7.72. The fourth-order valence-corrected chi connectivity index (χ4v) is 2.99. The Morgan fingerprint density at radius 3 is 2.20 bits per heavy atom. The van der Waals surface area contributed by atoms with E-state index in [0.717, 1.165) is 6.26 Å². The summed E-state index contributed by atoms with van der Waals surface area (Å²) in [6, 6.07) is -0.325. The lowest BCUT2D eigenvalue weighted by molar-refractivity contribution is -0.162. The van der Waals surface area contributed by atoms with Crippen molar-refractivity contribution in [2.75, 3.05) is 20.0 Å². The minimum atomic E-state index is -4.23. The second-order valence-electron chi connectivity index (χ2n) is 6.46. The third kappa shape index (κ3) is 8.04. The number of rotatable bonds is 12. The number of halogens is 2. The molecule has 0 heterocycles. The maximum absolute atomic E-state index is 13.4. The first-order valence-corrected chi connectivity index (χ1v) is 9.77. The van der Waals surface area contributed by atoms with Crippen LogP contribution in [0.3, 0.4) is 0 Å². The Labute approximate surface area is 146 Å². The Hall–Kier alpha value is -1.36. The van der Waals surface area contributed by atoms with E-state index in [1.54, 1.807) is 0 Å². The highest BCUT2D eigenvalue weighted by molar-refractivity contribution is 6.56. The van der Waals surface area contributed by atoms with Gasteiger partial charge in [-0.15, -0.1) is 0 Å². The van der Waals surface area contributed by atoms with Gasteiger partial charge in [-0.25, -0.2) is 4.39 Å². The normalized spacial score (nSPS) is 16.4. The second-order valence-corrected chi connectivity index (χ2v) is 8.51. The number of hydrogen-bond acceptors (Lipinski definition) is 7. The smallest absolute Gasteiger partial charge is 0.465 e. The van der Waals surface area contributed by atoms with Gasteiger partial charge in [-0.1, -0.05) is 6.58 Å². The zero-order valence-electron chi connectivity index (χ0n) is 14.5. The van der Waals surface area contributed by atoms with Crippen LogP contribution in [0.25, 0.3) is 0 Å². The van der Waals surface area contributed by atoms with Gasteiger partial charge < -0.3 is 23.9 Å². The number of carbonyl (C=O) groups is 2. The minimum Gasteiger partial charge on any atom is -0.465 e. The van der Waals surface area contributed by atoms with Crippen LogP contribution < -0.4 is 0 Å². The second kappa shape index (κ2) is 9.95. The molecule has 0 amide bonds. The molecular formula is C15H26F2O7Si. The van der Waals surface area contributed by atoms with Gasteiger partial charge in [-0.3, -0.25) is 14.0 Å². The Kier molecular flexibility index (Phi) is 9.41. The van der Waals surface area contributed by atoms with Crippen molar-refractivity contribution in [3.05, 3.63) is 12.8 Å². The van der Waals surface area contributed by atoms with Crippen LogP contribution in [0.5, 0.6) is 0 Å². The lowest BCUT2D eigenvalue weighted by Gasteiger charge is -2.34. The van der Waals surface area contributed by atoms with Crippen LogP contribution in [0.4, 0.5) is 8.78 Å². The zero-order valence-corrected chi connectivity index (χ0v) is 15.5. The molecule has 0 aliphatic carbocycles. The number of hydrogen-bond donors (Lipinski definition) is 3. The summed E-state index contributed by atoms with van der Waals surface area (Å²) in [5.74, 6) is -1.78. The van der Waals surface area contributed by atoms with Crippen LogP contribution in [0.2, 0.25) is 6.04 Å². The zero-order chi connectivity index (χ0) is 19.7. The lowest BCUT2D eigenvalue weighted by atomic mass is 9.72. The molecule has 0 aromatic heterocycles. The van der Waals surface area contributed by atoms with E-state index in [1.807, 2.05) is 0 Å². The Morgan fingerprint density at radius 1 is 1.16 bits per heavy atom. The van der Waals surface area contributed by atoms with Crippen LogP contribution in [-0.4, -0.2) is 55.1 Å². The monoisotopic (exact) mass is 384 g/mol. The molecule has 146 valence electrons. The van der Waals surface area contributed by atoms with Crippen molar-refractivity contribution in [2.45, 2.75) is 39.2 Å². The molecule has 0 aromatic carbocycles. The Bertz CT molecular complexity index is 469. The number of carbonyl (C=O) groups excluding carboxylic acids is 2. The minimum absolute atomic E-state index is 0.00788. The topological polar surface area (TPSA) is 113 Å². The SMILES string of the molecule is C=COC(=O)C(C)(CF)CC(C)(CCF)C(=O)OCCC[Si](O)(O)O. The van der Waals surface area contributed by atoms with Crippen molar-refractivity contribution in [1.82, 2.24) is 0 Å². The van der Waals surface area contributed by atoms with Gasteiger partial charge in [-0.05, 0) is 33.1 Å². The maximum atomic E-state index is 13.4. The van der Waals surface area contributed by atoms with Gasteiger partial charge in [0.15, 0.2) is 0 Å². The largest absolute Gasteiger partial charge is 0.492 e. The fraction of sp³-hybridized carbons (Fsp3) is 0.733. The molecule has 25 heavy (non-hydrogen) atoms. The Morgan fingerprint density at radius 2 is 1.76 bits per heavy atom. The quantitative estimate of drug-likeness (QED) is 0.201. The summed E-state index contributed by atoms with van der Waals surface area (Å²) < 4.78 is 35.9. The van der Waals surface area contributed by atoms with Crippen LogP contribution in [0.15, 0.2) is 12.8 Å². The molecule has 0 aromatic rings. The third-order valence-corrected chi connectivity index (χ3v) is 4.81. The predicted octanol–water partition coefficient (Wildman–Crippen LogP) is 1.25. The van der Waals surface area contributed by atoms with E-state index in [0.29, 0.717) is 0 Å². The summed E-state index contributed by atoms with van der Waals surface area (Å²) in [5, 5.41) is 0. The third-order valence-electron chi connectivity index (χ3n) is 3.79. The molecule has 10 heteroatoms. The summed E-state index contributed by atoms with van der Waals surface area (Å²) in [6.07, 6.45) is 0.202. The van der Waals surface area contributed by atoms with Gasteiger partial charge >= 0.3 is 20.7 Å². The molecule has 2 unspecified atom stereocenters. The molecule has 7 nitrogen and oxygen atoms in total. The van der Waals surface area contributed by atoms with Crippen molar-refractivity contribution in [3.63, 3.8) is 0 Å². The van der Waals surface area contributed by atoms with Gasteiger partial charge in [0, 0.05) is 6.04 Å². The van der Waals surface area contributed by atoms with Gasteiger partial charge in [0.1, 0.15) is 6.67 Å². The van der Waals surface area contributed by atoms with E-state index in [2.05, 4.69) is 11.3 Å². The molecule has 0 fully saturated rings. The molecule has 0 aliphatic heterocycles. The van der Waals surface area contributed by atoms with E-state index in [4.69, 9.17) is 19.1 Å². The lowest BCUT2D eigenvalue weighted by Crippen LogP contribution is -2.42. The highest BCUT2D eigenvalue weighted by Gasteiger charge is 2.46. The molecule has 3 N–H and O–H groups in total. The van der Waals surface area contributed by atoms with Crippen molar-refractivity contribution in [3.8, 4) is 0 Å². The number of alkyl halides is 2. The van der Waals surface area contributed by atoms with Crippen LogP contribution in [0.1, 0.15) is 33.1 Å². The van der Waals surface area contributed by atoms with Gasteiger partial charge in [0.05, 0.1) is 30.4 Å². The van der Waals surface area contributed by atoms with Gasteiger partial charge in [0.25, 0.3) is 0 Å². The van der Waals surface area contributed by atoms with E-state index >= 15 is 0 Å². The van der Waals surface area contributed by atoms with Crippen LogP contribution in [-0.2, 0) is 19.1 Å². The summed E-state index contributed by atoms with van der Waals surface area (Å²) >= 11 is 0. The molecule has 2 atom stereocenters. The molecule has 0 saturated carbocycles. The van der Waals surface area contributed by atoms with E-state index in [9.17, 15) is 18.4 Å². The van der Waals surface area contributed by atoms with Crippen molar-refractivity contribution in [2.24, 2.45) is 10.8 Å². The van der Waals surface area contributed by atoms with Gasteiger partial charge in [-0.2, -0.15) is 0 Å². The number of esters is 2. The standard InChI is InChI=1S/C15H26F2O7Si/c1-4-23-13(19)15(3,11-17)10-14(2,6-7-16)12(18)24-8-5-9-25(20,21)22/h4,20-22H,1,5-11H2,2-3H3. The molecule has 0 rings (SSSR count). The molecular weight excluding hydrogens is 358 g/mol. The molecule has 0 bridgehead atoms. The number of ether oxygens (including phenoxy) is 2. The molecule has 0 spiro atoms. The van der Waals surface area contributed by atoms with Crippen molar-refractivity contribution < 1.29 is 42.2 Å². The van der Waals surface area contributed by atoms with Crippen LogP contribution >= 0.6 is 0 Å².